The molecule has 0 aliphatic heterocycles. The first-order valence-corrected chi connectivity index (χ1v) is 10.5. The second kappa shape index (κ2) is 11.2. The number of benzene rings is 1. The maximum atomic E-state index is 11.7. The van der Waals surface area contributed by atoms with Crippen molar-refractivity contribution in [2.45, 2.75) is 31.8 Å². The highest BCUT2D eigenvalue weighted by Gasteiger charge is 2.10. The Morgan fingerprint density at radius 3 is 2.54 bits per heavy atom. The van der Waals surface area contributed by atoms with Crippen molar-refractivity contribution >= 4 is 39.8 Å². The minimum Gasteiger partial charge on any atom is -0.481 e. The molecule has 154 valence electrons. The van der Waals surface area contributed by atoms with Crippen molar-refractivity contribution < 1.29 is 13.2 Å². The number of halogens is 1. The predicted octanol–water partition coefficient (Wildman–Crippen LogP) is 2.68. The molecule has 0 saturated carbocycles. The van der Waals surface area contributed by atoms with Crippen molar-refractivity contribution in [3.63, 3.8) is 0 Å². The maximum Gasteiger partial charge on any atom is 0.213 e. The first-order chi connectivity index (χ1) is 12.8. The topological polar surface area (TPSA) is 92.7 Å². The molecule has 0 bridgehead atoms. The lowest BCUT2D eigenvalue weighted by atomic mass is 10.1. The monoisotopic (exact) mass is 518 g/mol. The van der Waals surface area contributed by atoms with E-state index in [1.54, 1.807) is 32.4 Å². The van der Waals surface area contributed by atoms with Crippen LogP contribution >= 0.6 is 24.0 Å². The molecule has 1 aromatic carbocycles. The van der Waals surface area contributed by atoms with Crippen LogP contribution in [0.15, 0.2) is 46.4 Å². The van der Waals surface area contributed by atoms with Gasteiger partial charge < -0.3 is 15.4 Å². The van der Waals surface area contributed by atoms with Gasteiger partial charge >= 0.3 is 0 Å². The van der Waals surface area contributed by atoms with Crippen molar-refractivity contribution in [3.8, 4) is 5.88 Å². The van der Waals surface area contributed by atoms with Gasteiger partial charge in [-0.15, -0.1) is 24.0 Å². The second-order valence-electron chi connectivity index (χ2n) is 6.13. The Balaban J connectivity index is 0.00000392. The summed E-state index contributed by atoms with van der Waals surface area (Å²) in [5, 5.41) is 6.47. The zero-order chi connectivity index (χ0) is 19.9. The minimum absolute atomic E-state index is 0. The number of nitrogens with one attached hydrogen (secondary N) is 2. The number of aromatic nitrogens is 1. The van der Waals surface area contributed by atoms with E-state index < -0.39 is 9.84 Å². The van der Waals surface area contributed by atoms with E-state index in [-0.39, 0.29) is 24.0 Å². The van der Waals surface area contributed by atoms with E-state index in [4.69, 9.17) is 4.74 Å². The van der Waals surface area contributed by atoms with Gasteiger partial charge in [-0.1, -0.05) is 12.1 Å². The number of pyridine rings is 1. The standard InChI is InChI=1S/C19H26N4O3S.HI/c1-5-20-19(23-13-16-8-9-21-18(11-16)26-3)22-12-15-6-7-17(14(2)10-15)27(4,24)25;/h6-11H,5,12-13H2,1-4H3,(H2,20,22,23);1H. The maximum absolute atomic E-state index is 11.7. The summed E-state index contributed by atoms with van der Waals surface area (Å²) in [6, 6.07) is 9.07. The average Bonchev–Trinajstić information content (AvgIpc) is 2.63. The number of guanidine groups is 1. The third-order valence-corrected chi connectivity index (χ3v) is 5.13. The molecule has 2 N–H and O–H groups in total. The van der Waals surface area contributed by atoms with E-state index in [1.807, 2.05) is 25.1 Å². The zero-order valence-electron chi connectivity index (χ0n) is 16.5. The van der Waals surface area contributed by atoms with Gasteiger partial charge in [0, 0.05) is 31.6 Å². The molecule has 1 heterocycles. The molecule has 1 aromatic heterocycles. The van der Waals surface area contributed by atoms with Gasteiger partial charge in [-0.3, -0.25) is 0 Å². The molecule has 0 aliphatic rings. The Hall–Kier alpha value is -1.88. The van der Waals surface area contributed by atoms with Crippen LogP contribution in [0.5, 0.6) is 5.88 Å². The van der Waals surface area contributed by atoms with Crippen LogP contribution in [0.3, 0.4) is 0 Å². The largest absolute Gasteiger partial charge is 0.481 e. The summed E-state index contributed by atoms with van der Waals surface area (Å²) < 4.78 is 28.6. The molecule has 0 unspecified atom stereocenters. The Labute approximate surface area is 184 Å². The van der Waals surface area contributed by atoms with Crippen LogP contribution < -0.4 is 15.4 Å². The number of rotatable bonds is 7. The van der Waals surface area contributed by atoms with Gasteiger partial charge in [0.25, 0.3) is 0 Å². The van der Waals surface area contributed by atoms with E-state index in [1.165, 1.54) is 6.26 Å². The molecule has 0 fully saturated rings. The fourth-order valence-corrected chi connectivity index (χ4v) is 3.55. The number of methoxy groups -OCH3 is 1. The molecule has 28 heavy (non-hydrogen) atoms. The summed E-state index contributed by atoms with van der Waals surface area (Å²) in [5.74, 6) is 1.25. The molecule has 0 spiro atoms. The molecule has 2 aromatic rings. The highest BCUT2D eigenvalue weighted by molar-refractivity contribution is 14.0. The summed E-state index contributed by atoms with van der Waals surface area (Å²) in [6.07, 6.45) is 2.92. The fourth-order valence-electron chi connectivity index (χ4n) is 2.60. The van der Waals surface area contributed by atoms with E-state index in [2.05, 4.69) is 20.6 Å². The molecule has 9 heteroatoms. The Bertz CT molecular complexity index is 917. The molecule has 0 radical (unpaired) electrons. The summed E-state index contributed by atoms with van der Waals surface area (Å²) in [4.78, 5) is 9.02. The first kappa shape index (κ1) is 24.2. The first-order valence-electron chi connectivity index (χ1n) is 8.64. The average molecular weight is 518 g/mol. The van der Waals surface area contributed by atoms with Crippen LogP contribution in [0, 0.1) is 6.92 Å². The quantitative estimate of drug-likeness (QED) is 0.333. The van der Waals surface area contributed by atoms with Gasteiger partial charge in [0.1, 0.15) is 0 Å². The molecule has 0 saturated heterocycles. The second-order valence-corrected chi connectivity index (χ2v) is 8.11. The van der Waals surface area contributed by atoms with Crippen LogP contribution in [-0.4, -0.2) is 39.3 Å². The number of ether oxygens (including phenoxy) is 1. The van der Waals surface area contributed by atoms with Crippen LogP contribution in [0.2, 0.25) is 0 Å². The van der Waals surface area contributed by atoms with Gasteiger partial charge in [-0.25, -0.2) is 18.4 Å². The number of sulfone groups is 1. The molecular weight excluding hydrogens is 491 g/mol. The summed E-state index contributed by atoms with van der Waals surface area (Å²) in [5.41, 5.74) is 2.70. The molecule has 0 aliphatic carbocycles. The molecule has 0 atom stereocenters. The highest BCUT2D eigenvalue weighted by atomic mass is 127. The number of hydrogen-bond donors (Lipinski definition) is 2. The zero-order valence-corrected chi connectivity index (χ0v) is 19.7. The Morgan fingerprint density at radius 2 is 1.93 bits per heavy atom. The Morgan fingerprint density at radius 1 is 1.18 bits per heavy atom. The van der Waals surface area contributed by atoms with Crippen molar-refractivity contribution in [2.24, 2.45) is 4.99 Å². The van der Waals surface area contributed by atoms with Crippen molar-refractivity contribution in [3.05, 3.63) is 53.2 Å². The number of aliphatic imine (C=N–C) groups is 1. The number of nitrogens with zero attached hydrogens (tertiary/aromatic N) is 2. The van der Waals surface area contributed by atoms with E-state index in [0.717, 1.165) is 23.2 Å². The number of hydrogen-bond acceptors (Lipinski definition) is 5. The smallest absolute Gasteiger partial charge is 0.213 e. The van der Waals surface area contributed by atoms with Gasteiger partial charge in [-0.05, 0) is 42.7 Å². The highest BCUT2D eigenvalue weighted by Crippen LogP contribution is 2.17. The van der Waals surface area contributed by atoms with Gasteiger partial charge in [-0.2, -0.15) is 0 Å². The molecule has 0 amide bonds. The molecule has 7 nitrogen and oxygen atoms in total. The lowest BCUT2D eigenvalue weighted by Crippen LogP contribution is -2.36. The van der Waals surface area contributed by atoms with Crippen LogP contribution in [0.4, 0.5) is 0 Å². The third kappa shape index (κ3) is 7.27. The van der Waals surface area contributed by atoms with Crippen molar-refractivity contribution in [1.82, 2.24) is 15.6 Å². The summed E-state index contributed by atoms with van der Waals surface area (Å²) in [7, 11) is -1.63. The predicted molar refractivity (Wildman–Crippen MR) is 122 cm³/mol. The fraction of sp³-hybridized carbons (Fsp3) is 0.368. The van der Waals surface area contributed by atoms with E-state index >= 15 is 0 Å². The Kier molecular flexibility index (Phi) is 9.66. The van der Waals surface area contributed by atoms with Gasteiger partial charge in [0.2, 0.25) is 5.88 Å². The van der Waals surface area contributed by atoms with E-state index in [0.29, 0.717) is 29.8 Å². The third-order valence-electron chi connectivity index (χ3n) is 3.87. The summed E-state index contributed by atoms with van der Waals surface area (Å²) in [6.45, 7) is 5.55. The van der Waals surface area contributed by atoms with Crippen molar-refractivity contribution in [1.29, 1.82) is 0 Å². The normalized spacial score (nSPS) is 11.5. The lowest BCUT2D eigenvalue weighted by molar-refractivity contribution is 0.397. The van der Waals surface area contributed by atoms with Gasteiger partial charge in [0.15, 0.2) is 15.8 Å². The SMILES string of the molecule is CCNC(=NCc1ccc(S(C)(=O)=O)c(C)c1)NCc1ccnc(OC)c1.I. The van der Waals surface area contributed by atoms with Gasteiger partial charge in [0.05, 0.1) is 18.6 Å². The van der Waals surface area contributed by atoms with Crippen LogP contribution in [0.1, 0.15) is 23.6 Å². The number of aryl methyl sites for hydroxylation is 1. The summed E-state index contributed by atoms with van der Waals surface area (Å²) >= 11 is 0. The molecule has 2 rings (SSSR count). The lowest BCUT2D eigenvalue weighted by Gasteiger charge is -2.12. The van der Waals surface area contributed by atoms with Crippen LogP contribution in [0.25, 0.3) is 0 Å². The van der Waals surface area contributed by atoms with Crippen LogP contribution in [-0.2, 0) is 22.9 Å². The molecular formula is C19H27IN4O3S. The minimum atomic E-state index is -3.21. The van der Waals surface area contributed by atoms with Crippen molar-refractivity contribution in [2.75, 3.05) is 19.9 Å². The van der Waals surface area contributed by atoms with E-state index in [9.17, 15) is 8.42 Å².